The largest absolute Gasteiger partial charge is 0.484 e. The fourth-order valence-corrected chi connectivity index (χ4v) is 1.36. The summed E-state index contributed by atoms with van der Waals surface area (Å²) in [5, 5.41) is 11.1. The third-order valence-corrected chi connectivity index (χ3v) is 2.33. The van der Waals surface area contributed by atoms with Gasteiger partial charge in [-0.3, -0.25) is 4.79 Å². The highest BCUT2D eigenvalue weighted by Gasteiger charge is 2.04. The van der Waals surface area contributed by atoms with Crippen LogP contribution in [0.4, 0.5) is 0 Å². The van der Waals surface area contributed by atoms with E-state index in [1.54, 1.807) is 0 Å². The van der Waals surface area contributed by atoms with Gasteiger partial charge in [-0.05, 0) is 23.6 Å². The number of ether oxygens (including phenoxy) is 1. The first-order valence-corrected chi connectivity index (χ1v) is 5.74. The number of amides is 1. The second-order valence-corrected chi connectivity index (χ2v) is 4.09. The summed E-state index contributed by atoms with van der Waals surface area (Å²) in [6.45, 7) is 4.38. The Labute approximate surface area is 102 Å². The van der Waals surface area contributed by atoms with Crippen LogP contribution >= 0.6 is 0 Å². The fraction of sp³-hybridized carbons (Fsp3) is 0.462. The molecule has 1 aromatic carbocycles. The van der Waals surface area contributed by atoms with Gasteiger partial charge in [-0.2, -0.15) is 0 Å². The molecule has 1 amide bonds. The Morgan fingerprint density at radius 2 is 2.24 bits per heavy atom. The summed E-state index contributed by atoms with van der Waals surface area (Å²) in [6, 6.07) is 7.70. The molecule has 0 bridgehead atoms. The van der Waals surface area contributed by atoms with E-state index in [-0.39, 0.29) is 25.7 Å². The van der Waals surface area contributed by atoms with Crippen LogP contribution in [-0.4, -0.2) is 30.8 Å². The predicted octanol–water partition coefficient (Wildman–Crippen LogP) is 1.30. The van der Waals surface area contributed by atoms with Gasteiger partial charge < -0.3 is 15.2 Å². The molecule has 94 valence electrons. The van der Waals surface area contributed by atoms with Crippen molar-refractivity contribution in [3.63, 3.8) is 0 Å². The van der Waals surface area contributed by atoms with Crippen LogP contribution in [0.1, 0.15) is 25.3 Å². The van der Waals surface area contributed by atoms with E-state index in [2.05, 4.69) is 19.2 Å². The summed E-state index contributed by atoms with van der Waals surface area (Å²) in [6.07, 6.45) is 0. The summed E-state index contributed by atoms with van der Waals surface area (Å²) in [5.74, 6) is 0.895. The summed E-state index contributed by atoms with van der Waals surface area (Å²) >= 11 is 0. The molecule has 17 heavy (non-hydrogen) atoms. The molecule has 0 radical (unpaired) electrons. The average Bonchev–Trinajstić information content (AvgIpc) is 2.34. The fourth-order valence-electron chi connectivity index (χ4n) is 1.36. The Bertz CT molecular complexity index is 363. The van der Waals surface area contributed by atoms with Gasteiger partial charge in [-0.1, -0.05) is 26.0 Å². The van der Waals surface area contributed by atoms with Crippen molar-refractivity contribution in [1.29, 1.82) is 0 Å². The van der Waals surface area contributed by atoms with Crippen LogP contribution in [-0.2, 0) is 4.79 Å². The quantitative estimate of drug-likeness (QED) is 0.784. The van der Waals surface area contributed by atoms with Gasteiger partial charge in [0.15, 0.2) is 6.61 Å². The SMILES string of the molecule is CC(C)c1cccc(OCC(=O)NCCO)c1. The first-order valence-electron chi connectivity index (χ1n) is 5.74. The summed E-state index contributed by atoms with van der Waals surface area (Å²) in [4.78, 5) is 11.2. The molecule has 1 aromatic rings. The van der Waals surface area contributed by atoms with E-state index in [9.17, 15) is 4.79 Å². The van der Waals surface area contributed by atoms with E-state index in [0.29, 0.717) is 11.7 Å². The number of benzene rings is 1. The summed E-state index contributed by atoms with van der Waals surface area (Å²) in [7, 11) is 0. The zero-order chi connectivity index (χ0) is 12.7. The molecule has 1 rings (SSSR count). The Morgan fingerprint density at radius 3 is 2.88 bits per heavy atom. The number of carbonyl (C=O) groups is 1. The van der Waals surface area contributed by atoms with Crippen LogP contribution in [0, 0.1) is 0 Å². The normalized spacial score (nSPS) is 10.4. The van der Waals surface area contributed by atoms with Crippen LogP contribution < -0.4 is 10.1 Å². The minimum atomic E-state index is -0.228. The molecule has 2 N–H and O–H groups in total. The van der Waals surface area contributed by atoms with E-state index in [4.69, 9.17) is 9.84 Å². The van der Waals surface area contributed by atoms with Crippen molar-refractivity contribution >= 4 is 5.91 Å². The molecule has 4 heteroatoms. The first-order chi connectivity index (χ1) is 8.13. The van der Waals surface area contributed by atoms with Crippen molar-refractivity contribution in [1.82, 2.24) is 5.32 Å². The van der Waals surface area contributed by atoms with Gasteiger partial charge >= 0.3 is 0 Å². The molecule has 0 aliphatic carbocycles. The monoisotopic (exact) mass is 237 g/mol. The highest BCUT2D eigenvalue weighted by Crippen LogP contribution is 2.19. The lowest BCUT2D eigenvalue weighted by Crippen LogP contribution is -2.31. The molecule has 0 saturated carbocycles. The molecule has 0 aromatic heterocycles. The number of rotatable bonds is 6. The van der Waals surface area contributed by atoms with Crippen LogP contribution in [0.15, 0.2) is 24.3 Å². The maximum atomic E-state index is 11.2. The molecule has 0 atom stereocenters. The third-order valence-electron chi connectivity index (χ3n) is 2.33. The maximum Gasteiger partial charge on any atom is 0.258 e. The minimum absolute atomic E-state index is 0.0262. The van der Waals surface area contributed by atoms with Crippen molar-refractivity contribution < 1.29 is 14.6 Å². The van der Waals surface area contributed by atoms with Gasteiger partial charge in [0.1, 0.15) is 5.75 Å². The Morgan fingerprint density at radius 1 is 1.47 bits per heavy atom. The van der Waals surface area contributed by atoms with Crippen molar-refractivity contribution in [2.24, 2.45) is 0 Å². The van der Waals surface area contributed by atoms with E-state index in [1.165, 1.54) is 5.56 Å². The predicted molar refractivity (Wildman–Crippen MR) is 66.1 cm³/mol. The highest BCUT2D eigenvalue weighted by molar-refractivity contribution is 5.77. The highest BCUT2D eigenvalue weighted by atomic mass is 16.5. The smallest absolute Gasteiger partial charge is 0.258 e. The molecule has 4 nitrogen and oxygen atoms in total. The molecule has 0 aliphatic heterocycles. The van der Waals surface area contributed by atoms with Gasteiger partial charge in [0, 0.05) is 6.54 Å². The van der Waals surface area contributed by atoms with Crippen molar-refractivity contribution in [2.75, 3.05) is 19.8 Å². The molecular formula is C13H19NO3. The second-order valence-electron chi connectivity index (χ2n) is 4.09. The lowest BCUT2D eigenvalue weighted by Gasteiger charge is -2.09. The Kier molecular flexibility index (Phi) is 5.49. The lowest BCUT2D eigenvalue weighted by atomic mass is 10.0. The molecule has 0 fully saturated rings. The van der Waals surface area contributed by atoms with Crippen molar-refractivity contribution in [2.45, 2.75) is 19.8 Å². The molecular weight excluding hydrogens is 218 g/mol. The molecule has 0 aliphatic rings. The number of aliphatic hydroxyl groups is 1. The maximum absolute atomic E-state index is 11.2. The van der Waals surface area contributed by atoms with E-state index in [0.717, 1.165) is 0 Å². The molecule has 0 saturated heterocycles. The zero-order valence-electron chi connectivity index (χ0n) is 10.3. The number of carbonyl (C=O) groups excluding carboxylic acids is 1. The van der Waals surface area contributed by atoms with E-state index < -0.39 is 0 Å². The van der Waals surface area contributed by atoms with Gasteiger partial charge in [-0.25, -0.2) is 0 Å². The van der Waals surface area contributed by atoms with Gasteiger partial charge in [0.2, 0.25) is 0 Å². The Balaban J connectivity index is 2.46. The van der Waals surface area contributed by atoms with Gasteiger partial charge in [-0.15, -0.1) is 0 Å². The second kappa shape index (κ2) is 6.91. The minimum Gasteiger partial charge on any atom is -0.484 e. The van der Waals surface area contributed by atoms with Gasteiger partial charge in [0.05, 0.1) is 6.61 Å². The summed E-state index contributed by atoms with van der Waals surface area (Å²) < 4.78 is 5.36. The first kappa shape index (κ1) is 13.5. The topological polar surface area (TPSA) is 58.6 Å². The molecule has 0 heterocycles. The molecule has 0 spiro atoms. The number of hydrogen-bond acceptors (Lipinski definition) is 3. The number of hydrogen-bond donors (Lipinski definition) is 2. The van der Waals surface area contributed by atoms with E-state index in [1.807, 2.05) is 24.3 Å². The van der Waals surface area contributed by atoms with Crippen LogP contribution in [0.5, 0.6) is 5.75 Å². The summed E-state index contributed by atoms with van der Waals surface area (Å²) in [5.41, 5.74) is 1.18. The van der Waals surface area contributed by atoms with Crippen LogP contribution in [0.25, 0.3) is 0 Å². The Hall–Kier alpha value is -1.55. The molecule has 0 unspecified atom stereocenters. The van der Waals surface area contributed by atoms with Crippen LogP contribution in [0.3, 0.4) is 0 Å². The van der Waals surface area contributed by atoms with Crippen molar-refractivity contribution in [3.8, 4) is 5.75 Å². The van der Waals surface area contributed by atoms with E-state index >= 15 is 0 Å². The van der Waals surface area contributed by atoms with Crippen molar-refractivity contribution in [3.05, 3.63) is 29.8 Å². The zero-order valence-corrected chi connectivity index (χ0v) is 10.3. The number of nitrogens with one attached hydrogen (secondary N) is 1. The lowest BCUT2D eigenvalue weighted by molar-refractivity contribution is -0.123. The van der Waals surface area contributed by atoms with Gasteiger partial charge in [0.25, 0.3) is 5.91 Å². The number of aliphatic hydroxyl groups excluding tert-OH is 1. The average molecular weight is 237 g/mol. The third kappa shape index (κ3) is 4.87. The van der Waals surface area contributed by atoms with Crippen LogP contribution in [0.2, 0.25) is 0 Å². The standard InChI is InChI=1S/C13H19NO3/c1-10(2)11-4-3-5-12(8-11)17-9-13(16)14-6-7-15/h3-5,8,10,15H,6-7,9H2,1-2H3,(H,14,16).